The Morgan fingerprint density at radius 3 is 2.65 bits per heavy atom. The number of carbonyl (C=O) groups excluding carboxylic acids is 1. The highest BCUT2D eigenvalue weighted by Crippen LogP contribution is 2.23. The number of halogens is 2. The van der Waals surface area contributed by atoms with Crippen molar-refractivity contribution < 1.29 is 9.36 Å². The maximum Gasteiger partial charge on any atom is 0.206 e. The molecule has 0 aliphatic rings. The summed E-state index contributed by atoms with van der Waals surface area (Å²) in [5, 5.41) is 1.06. The Morgan fingerprint density at radius 2 is 1.95 bits per heavy atom. The molecule has 0 unspecified atom stereocenters. The zero-order chi connectivity index (χ0) is 14.5. The fourth-order valence-corrected chi connectivity index (χ4v) is 2.13. The van der Waals surface area contributed by atoms with Crippen LogP contribution in [0.4, 0.5) is 0 Å². The second-order valence-electron chi connectivity index (χ2n) is 4.46. The van der Waals surface area contributed by atoms with Crippen LogP contribution in [-0.4, -0.2) is 5.78 Å². The summed E-state index contributed by atoms with van der Waals surface area (Å²) in [6.07, 6.45) is 5.77. The fourth-order valence-electron chi connectivity index (χ4n) is 1.82. The Bertz CT molecular complexity index is 665. The highest BCUT2D eigenvalue weighted by atomic mass is 35.5. The van der Waals surface area contributed by atoms with E-state index in [4.69, 9.17) is 23.2 Å². The Balaban J connectivity index is 2.26. The standard InChI is InChI=1S/C16H14Cl2NO/c1-12(20)11-19-9-3-2-4-14(19)7-5-13-6-8-15(17)16(18)10-13/h2-10H,11H2,1H3/q+1/b7-5+. The van der Waals surface area contributed by atoms with Crippen molar-refractivity contribution in [1.82, 2.24) is 0 Å². The Hall–Kier alpha value is -1.64. The van der Waals surface area contributed by atoms with Crippen LogP contribution in [0.5, 0.6) is 0 Å². The molecule has 2 nitrogen and oxygen atoms in total. The summed E-state index contributed by atoms with van der Waals surface area (Å²) in [4.78, 5) is 11.2. The zero-order valence-electron chi connectivity index (χ0n) is 11.0. The first kappa shape index (κ1) is 14.8. The van der Waals surface area contributed by atoms with Gasteiger partial charge in [-0.3, -0.25) is 4.79 Å². The van der Waals surface area contributed by atoms with E-state index in [0.29, 0.717) is 16.6 Å². The van der Waals surface area contributed by atoms with Gasteiger partial charge in [0.15, 0.2) is 12.0 Å². The van der Waals surface area contributed by atoms with Gasteiger partial charge >= 0.3 is 0 Å². The van der Waals surface area contributed by atoms with Gasteiger partial charge in [-0.2, -0.15) is 4.57 Å². The highest BCUT2D eigenvalue weighted by Gasteiger charge is 2.08. The zero-order valence-corrected chi connectivity index (χ0v) is 12.5. The number of hydrogen-bond acceptors (Lipinski definition) is 1. The molecule has 1 heterocycles. The third-order valence-electron chi connectivity index (χ3n) is 2.76. The molecule has 0 atom stereocenters. The van der Waals surface area contributed by atoms with Crippen molar-refractivity contribution in [3.63, 3.8) is 0 Å². The first-order valence-corrected chi connectivity index (χ1v) is 6.93. The molecule has 1 aromatic heterocycles. The molecule has 4 heteroatoms. The molecule has 0 saturated carbocycles. The number of carbonyl (C=O) groups is 1. The molecule has 0 spiro atoms. The number of hydrogen-bond donors (Lipinski definition) is 0. The van der Waals surface area contributed by atoms with Gasteiger partial charge in [-0.1, -0.05) is 29.3 Å². The van der Waals surface area contributed by atoms with E-state index in [1.807, 2.05) is 47.2 Å². The van der Waals surface area contributed by atoms with Crippen LogP contribution in [0.3, 0.4) is 0 Å². The minimum Gasteiger partial charge on any atom is -0.293 e. The minimum atomic E-state index is 0.116. The molecule has 102 valence electrons. The summed E-state index contributed by atoms with van der Waals surface area (Å²) in [5.41, 5.74) is 1.91. The van der Waals surface area contributed by atoms with Gasteiger partial charge in [0.25, 0.3) is 0 Å². The van der Waals surface area contributed by atoms with E-state index in [-0.39, 0.29) is 5.78 Å². The van der Waals surface area contributed by atoms with E-state index in [9.17, 15) is 4.79 Å². The van der Waals surface area contributed by atoms with Gasteiger partial charge in [-0.25, -0.2) is 0 Å². The maximum absolute atomic E-state index is 11.2. The van der Waals surface area contributed by atoms with Gasteiger partial charge in [0.05, 0.1) is 10.0 Å². The molecule has 20 heavy (non-hydrogen) atoms. The lowest BCUT2D eigenvalue weighted by Gasteiger charge is -1.99. The van der Waals surface area contributed by atoms with Crippen LogP contribution < -0.4 is 4.57 Å². The lowest BCUT2D eigenvalue weighted by molar-refractivity contribution is -0.685. The van der Waals surface area contributed by atoms with Crippen molar-refractivity contribution in [3.05, 3.63) is 63.9 Å². The monoisotopic (exact) mass is 306 g/mol. The average Bonchev–Trinajstić information content (AvgIpc) is 2.41. The predicted molar refractivity (Wildman–Crippen MR) is 82.7 cm³/mol. The van der Waals surface area contributed by atoms with Crippen molar-refractivity contribution in [1.29, 1.82) is 0 Å². The van der Waals surface area contributed by atoms with Crippen LogP contribution in [0.2, 0.25) is 10.0 Å². The molecule has 2 aromatic rings. The van der Waals surface area contributed by atoms with Crippen molar-refractivity contribution in [2.45, 2.75) is 13.5 Å². The van der Waals surface area contributed by atoms with Gasteiger partial charge < -0.3 is 0 Å². The summed E-state index contributed by atoms with van der Waals surface area (Å²) >= 11 is 11.9. The van der Waals surface area contributed by atoms with Crippen LogP contribution in [0, 0.1) is 0 Å². The number of nitrogens with zero attached hydrogens (tertiary/aromatic N) is 1. The average molecular weight is 307 g/mol. The van der Waals surface area contributed by atoms with Crippen molar-refractivity contribution in [3.8, 4) is 0 Å². The topological polar surface area (TPSA) is 20.9 Å². The van der Waals surface area contributed by atoms with E-state index in [2.05, 4.69) is 0 Å². The van der Waals surface area contributed by atoms with Crippen LogP contribution in [0.1, 0.15) is 18.2 Å². The van der Waals surface area contributed by atoms with E-state index >= 15 is 0 Å². The predicted octanol–water partition coefficient (Wildman–Crippen LogP) is 4.04. The second-order valence-corrected chi connectivity index (χ2v) is 5.28. The first-order chi connectivity index (χ1) is 9.56. The van der Waals surface area contributed by atoms with E-state index in [1.165, 1.54) is 0 Å². The number of rotatable bonds is 4. The largest absolute Gasteiger partial charge is 0.293 e. The molecule has 0 amide bonds. The lowest BCUT2D eigenvalue weighted by atomic mass is 10.2. The third kappa shape index (κ3) is 3.92. The Morgan fingerprint density at radius 1 is 1.15 bits per heavy atom. The SMILES string of the molecule is CC(=O)C[n+]1ccccc1/C=C/c1ccc(Cl)c(Cl)c1. The summed E-state index contributed by atoms with van der Waals surface area (Å²) in [5.74, 6) is 0.116. The van der Waals surface area contributed by atoms with Gasteiger partial charge in [0, 0.05) is 25.1 Å². The molecule has 0 fully saturated rings. The molecule has 0 aliphatic carbocycles. The summed E-state index contributed by atoms with van der Waals surface area (Å²) in [7, 11) is 0. The van der Waals surface area contributed by atoms with Gasteiger partial charge in [-0.15, -0.1) is 0 Å². The maximum atomic E-state index is 11.2. The number of Topliss-reactive ketones (excluding diaryl/α,β-unsaturated/α-hetero) is 1. The minimum absolute atomic E-state index is 0.116. The first-order valence-electron chi connectivity index (χ1n) is 6.17. The normalized spacial score (nSPS) is 10.9. The summed E-state index contributed by atoms with van der Waals surface area (Å²) in [6, 6.07) is 11.3. The number of aromatic nitrogens is 1. The second kappa shape index (κ2) is 6.69. The van der Waals surface area contributed by atoms with Crippen molar-refractivity contribution in [2.24, 2.45) is 0 Å². The highest BCUT2D eigenvalue weighted by molar-refractivity contribution is 6.42. The van der Waals surface area contributed by atoms with Gasteiger partial charge in [-0.05, 0) is 29.8 Å². The fraction of sp³-hybridized carbons (Fsp3) is 0.125. The van der Waals surface area contributed by atoms with E-state index < -0.39 is 0 Å². The smallest absolute Gasteiger partial charge is 0.206 e. The quantitative estimate of drug-likeness (QED) is 0.781. The number of ketones is 1. The molecule has 0 radical (unpaired) electrons. The van der Waals surface area contributed by atoms with Crippen LogP contribution in [0.25, 0.3) is 12.2 Å². The lowest BCUT2D eigenvalue weighted by Crippen LogP contribution is -2.39. The summed E-state index contributed by atoms with van der Waals surface area (Å²) in [6.45, 7) is 1.94. The van der Waals surface area contributed by atoms with Gasteiger partial charge in [0.1, 0.15) is 0 Å². The molecule has 0 saturated heterocycles. The Kier molecular flexibility index (Phi) is 4.94. The Labute approximate surface area is 128 Å². The molecule has 0 bridgehead atoms. The molecule has 0 N–H and O–H groups in total. The third-order valence-corrected chi connectivity index (χ3v) is 3.50. The van der Waals surface area contributed by atoms with Crippen molar-refractivity contribution in [2.75, 3.05) is 0 Å². The van der Waals surface area contributed by atoms with Gasteiger partial charge in [0.2, 0.25) is 12.2 Å². The molecule has 1 aromatic carbocycles. The molecule has 0 aliphatic heterocycles. The van der Waals surface area contributed by atoms with Crippen LogP contribution in [-0.2, 0) is 11.3 Å². The number of pyridine rings is 1. The van der Waals surface area contributed by atoms with Crippen LogP contribution >= 0.6 is 23.2 Å². The molecular formula is C16H14Cl2NO+. The van der Waals surface area contributed by atoms with Crippen molar-refractivity contribution >= 4 is 41.1 Å². The molecular weight excluding hydrogens is 293 g/mol. The van der Waals surface area contributed by atoms with E-state index in [1.54, 1.807) is 19.1 Å². The van der Waals surface area contributed by atoms with Crippen LogP contribution in [0.15, 0.2) is 42.6 Å². The van der Waals surface area contributed by atoms with E-state index in [0.717, 1.165) is 11.3 Å². The number of benzene rings is 1. The summed E-state index contributed by atoms with van der Waals surface area (Å²) < 4.78 is 1.90. The molecule has 2 rings (SSSR count).